The highest BCUT2D eigenvalue weighted by atomic mass is 16.2. The molecule has 0 spiro atoms. The van der Waals surface area contributed by atoms with E-state index in [2.05, 4.69) is 24.4 Å². The van der Waals surface area contributed by atoms with Gasteiger partial charge in [-0.25, -0.2) is 0 Å². The van der Waals surface area contributed by atoms with Gasteiger partial charge in [0, 0.05) is 6.54 Å². The summed E-state index contributed by atoms with van der Waals surface area (Å²) in [6, 6.07) is 18.4. The van der Waals surface area contributed by atoms with E-state index in [4.69, 9.17) is 0 Å². The predicted molar refractivity (Wildman–Crippen MR) is 87.4 cm³/mol. The number of amides is 1. The second kappa shape index (κ2) is 6.57. The molecule has 21 heavy (non-hydrogen) atoms. The molecule has 2 nitrogen and oxygen atoms in total. The smallest absolute Gasteiger partial charge is 0.230 e. The molecule has 2 rings (SSSR count). The van der Waals surface area contributed by atoms with Crippen molar-refractivity contribution < 1.29 is 4.79 Å². The van der Waals surface area contributed by atoms with Crippen LogP contribution in [-0.2, 0) is 16.6 Å². The number of hydrogen-bond acceptors (Lipinski definition) is 1. The summed E-state index contributed by atoms with van der Waals surface area (Å²) in [4.78, 5) is 12.4. The van der Waals surface area contributed by atoms with Crippen molar-refractivity contribution in [3.05, 3.63) is 71.3 Å². The number of hydrogen-bond donors (Lipinski definition) is 1. The maximum absolute atomic E-state index is 12.4. The van der Waals surface area contributed by atoms with Gasteiger partial charge >= 0.3 is 0 Å². The molecule has 2 aromatic rings. The molecule has 0 bridgehead atoms. The Morgan fingerprint density at radius 1 is 1.00 bits per heavy atom. The van der Waals surface area contributed by atoms with E-state index in [1.165, 1.54) is 11.1 Å². The van der Waals surface area contributed by atoms with Crippen LogP contribution in [0.15, 0.2) is 54.6 Å². The van der Waals surface area contributed by atoms with E-state index in [-0.39, 0.29) is 5.91 Å². The van der Waals surface area contributed by atoms with Crippen LogP contribution < -0.4 is 5.32 Å². The fraction of sp³-hybridized carbons (Fsp3) is 0.316. The average Bonchev–Trinajstić information content (AvgIpc) is 2.48. The molecule has 0 aliphatic carbocycles. The van der Waals surface area contributed by atoms with Gasteiger partial charge < -0.3 is 5.32 Å². The third-order valence-corrected chi connectivity index (χ3v) is 3.88. The SMILES string of the molecule is Cc1ccc(C(C)(C)C(=O)NCCc2ccccc2)cc1. The molecule has 1 amide bonds. The molecule has 0 saturated heterocycles. The van der Waals surface area contributed by atoms with Crippen LogP contribution in [0.5, 0.6) is 0 Å². The van der Waals surface area contributed by atoms with Crippen molar-refractivity contribution >= 4 is 5.91 Å². The van der Waals surface area contributed by atoms with Gasteiger partial charge in [0.1, 0.15) is 0 Å². The quantitative estimate of drug-likeness (QED) is 0.891. The molecule has 2 aromatic carbocycles. The molecule has 1 N–H and O–H groups in total. The van der Waals surface area contributed by atoms with Gasteiger partial charge in [0.15, 0.2) is 0 Å². The van der Waals surface area contributed by atoms with Gasteiger partial charge in [-0.3, -0.25) is 4.79 Å². The number of benzene rings is 2. The van der Waals surface area contributed by atoms with Crippen molar-refractivity contribution in [1.29, 1.82) is 0 Å². The summed E-state index contributed by atoms with van der Waals surface area (Å²) in [5.41, 5.74) is 2.99. The Labute approximate surface area is 127 Å². The molecular formula is C19H23NO. The van der Waals surface area contributed by atoms with E-state index < -0.39 is 5.41 Å². The zero-order valence-corrected chi connectivity index (χ0v) is 13.0. The molecule has 0 aliphatic rings. The number of aryl methyl sites for hydroxylation is 1. The van der Waals surface area contributed by atoms with Crippen LogP contribution >= 0.6 is 0 Å². The lowest BCUT2D eigenvalue weighted by molar-refractivity contribution is -0.125. The molecule has 0 heterocycles. The van der Waals surface area contributed by atoms with Crippen molar-refractivity contribution in [2.24, 2.45) is 0 Å². The van der Waals surface area contributed by atoms with E-state index in [0.29, 0.717) is 6.54 Å². The standard InChI is InChI=1S/C19H23NO/c1-15-9-11-17(12-10-15)19(2,3)18(21)20-14-13-16-7-5-4-6-8-16/h4-12H,13-14H2,1-3H3,(H,20,21). The highest BCUT2D eigenvalue weighted by Crippen LogP contribution is 2.23. The first-order valence-corrected chi connectivity index (χ1v) is 7.39. The van der Waals surface area contributed by atoms with Crippen molar-refractivity contribution in [3.63, 3.8) is 0 Å². The summed E-state index contributed by atoms with van der Waals surface area (Å²) < 4.78 is 0. The van der Waals surface area contributed by atoms with Crippen LogP contribution in [0.25, 0.3) is 0 Å². The van der Waals surface area contributed by atoms with Gasteiger partial charge in [-0.1, -0.05) is 60.2 Å². The Hall–Kier alpha value is -2.09. The minimum atomic E-state index is -0.510. The Morgan fingerprint density at radius 2 is 1.62 bits per heavy atom. The highest BCUT2D eigenvalue weighted by Gasteiger charge is 2.29. The van der Waals surface area contributed by atoms with Crippen molar-refractivity contribution in [2.45, 2.75) is 32.6 Å². The summed E-state index contributed by atoms with van der Waals surface area (Å²) in [5, 5.41) is 3.05. The molecule has 0 atom stereocenters. The molecule has 0 fully saturated rings. The van der Waals surface area contributed by atoms with Crippen LogP contribution in [-0.4, -0.2) is 12.5 Å². The Kier molecular flexibility index (Phi) is 4.79. The highest BCUT2D eigenvalue weighted by molar-refractivity contribution is 5.87. The predicted octanol–water partition coefficient (Wildman–Crippen LogP) is 3.63. The van der Waals surface area contributed by atoms with E-state index in [9.17, 15) is 4.79 Å². The van der Waals surface area contributed by atoms with E-state index in [0.717, 1.165) is 12.0 Å². The Bertz CT molecular complexity index is 585. The summed E-state index contributed by atoms with van der Waals surface area (Å²) >= 11 is 0. The van der Waals surface area contributed by atoms with Crippen LogP contribution in [0.4, 0.5) is 0 Å². The van der Waals surface area contributed by atoms with Crippen molar-refractivity contribution in [1.82, 2.24) is 5.32 Å². The average molecular weight is 281 g/mol. The minimum Gasteiger partial charge on any atom is -0.355 e. The zero-order valence-electron chi connectivity index (χ0n) is 13.0. The fourth-order valence-corrected chi connectivity index (χ4v) is 2.29. The number of carbonyl (C=O) groups is 1. The third kappa shape index (κ3) is 3.94. The molecule has 0 aromatic heterocycles. The summed E-state index contributed by atoms with van der Waals surface area (Å²) in [6.07, 6.45) is 0.858. The number of nitrogens with one attached hydrogen (secondary N) is 1. The van der Waals surface area contributed by atoms with Gasteiger partial charge in [-0.15, -0.1) is 0 Å². The van der Waals surface area contributed by atoms with Crippen LogP contribution in [0.3, 0.4) is 0 Å². The third-order valence-electron chi connectivity index (χ3n) is 3.88. The molecule has 0 aliphatic heterocycles. The van der Waals surface area contributed by atoms with E-state index in [1.54, 1.807) is 0 Å². The van der Waals surface area contributed by atoms with Gasteiger partial charge in [0.05, 0.1) is 5.41 Å². The Balaban J connectivity index is 1.94. The first kappa shape index (κ1) is 15.3. The van der Waals surface area contributed by atoms with Crippen molar-refractivity contribution in [3.8, 4) is 0 Å². The second-order valence-corrected chi connectivity index (χ2v) is 5.98. The van der Waals surface area contributed by atoms with Gasteiger partial charge in [0.25, 0.3) is 0 Å². The number of carbonyl (C=O) groups excluding carboxylic acids is 1. The molecular weight excluding hydrogens is 258 g/mol. The molecule has 0 saturated carbocycles. The van der Waals surface area contributed by atoms with Crippen LogP contribution in [0.2, 0.25) is 0 Å². The Morgan fingerprint density at radius 3 is 2.24 bits per heavy atom. The molecule has 0 radical (unpaired) electrons. The monoisotopic (exact) mass is 281 g/mol. The van der Waals surface area contributed by atoms with Gasteiger partial charge in [-0.2, -0.15) is 0 Å². The minimum absolute atomic E-state index is 0.0716. The largest absolute Gasteiger partial charge is 0.355 e. The van der Waals surface area contributed by atoms with Gasteiger partial charge in [0.2, 0.25) is 5.91 Å². The lowest BCUT2D eigenvalue weighted by Gasteiger charge is -2.24. The maximum atomic E-state index is 12.4. The maximum Gasteiger partial charge on any atom is 0.230 e. The van der Waals surface area contributed by atoms with Crippen molar-refractivity contribution in [2.75, 3.05) is 6.54 Å². The van der Waals surface area contributed by atoms with E-state index >= 15 is 0 Å². The molecule has 110 valence electrons. The lowest BCUT2D eigenvalue weighted by atomic mass is 9.83. The zero-order chi connectivity index (χ0) is 15.3. The van der Waals surface area contributed by atoms with Crippen LogP contribution in [0, 0.1) is 6.92 Å². The number of rotatable bonds is 5. The summed E-state index contributed by atoms with van der Waals surface area (Å²) in [5.74, 6) is 0.0716. The van der Waals surface area contributed by atoms with Crippen LogP contribution in [0.1, 0.15) is 30.5 Å². The lowest BCUT2D eigenvalue weighted by Crippen LogP contribution is -2.40. The normalized spacial score (nSPS) is 11.2. The fourth-order valence-electron chi connectivity index (χ4n) is 2.29. The van der Waals surface area contributed by atoms with E-state index in [1.807, 2.05) is 56.3 Å². The molecule has 0 unspecified atom stereocenters. The second-order valence-electron chi connectivity index (χ2n) is 5.98. The topological polar surface area (TPSA) is 29.1 Å². The van der Waals surface area contributed by atoms with Gasteiger partial charge in [-0.05, 0) is 38.3 Å². The molecule has 2 heteroatoms. The summed E-state index contributed by atoms with van der Waals surface area (Å²) in [6.45, 7) is 6.65. The summed E-state index contributed by atoms with van der Waals surface area (Å²) in [7, 11) is 0. The first-order chi connectivity index (χ1) is 10.00. The first-order valence-electron chi connectivity index (χ1n) is 7.39.